The monoisotopic (exact) mass is 144 g/mol. The van der Waals surface area contributed by atoms with Crippen LogP contribution in [0.2, 0.25) is 0 Å². The minimum Gasteiger partial charge on any atom is -0.375 e. The van der Waals surface area contributed by atoms with Crippen molar-refractivity contribution in [3.63, 3.8) is 0 Å². The Morgan fingerprint density at radius 3 is 2.80 bits per heavy atom. The van der Waals surface area contributed by atoms with Gasteiger partial charge in [0.2, 0.25) is 0 Å². The lowest BCUT2D eigenvalue weighted by atomic mass is 9.90. The summed E-state index contributed by atoms with van der Waals surface area (Å²) in [5, 5.41) is 0. The molecule has 3 nitrogen and oxygen atoms in total. The van der Waals surface area contributed by atoms with Gasteiger partial charge < -0.3 is 9.47 Å². The van der Waals surface area contributed by atoms with Crippen molar-refractivity contribution in [2.75, 3.05) is 13.7 Å². The molecule has 0 spiro atoms. The van der Waals surface area contributed by atoms with Gasteiger partial charge in [-0.05, 0) is 6.92 Å². The van der Waals surface area contributed by atoms with E-state index >= 15 is 0 Å². The molecule has 1 aliphatic carbocycles. The molecule has 0 aromatic rings. The fraction of sp³-hybridized carbons (Fsp3) is 0.857. The minimum absolute atomic E-state index is 0.0162. The fourth-order valence-electron chi connectivity index (χ4n) is 1.11. The second kappa shape index (κ2) is 3.12. The van der Waals surface area contributed by atoms with Gasteiger partial charge in [0, 0.05) is 20.1 Å². The van der Waals surface area contributed by atoms with Gasteiger partial charge in [0.15, 0.2) is 5.78 Å². The molecular weight excluding hydrogens is 132 g/mol. The van der Waals surface area contributed by atoms with Crippen LogP contribution in [-0.4, -0.2) is 31.7 Å². The van der Waals surface area contributed by atoms with Crippen molar-refractivity contribution in [2.45, 2.75) is 25.6 Å². The van der Waals surface area contributed by atoms with Crippen LogP contribution in [0, 0.1) is 0 Å². The number of carbonyl (C=O) groups is 1. The molecule has 0 N–H and O–H groups in total. The van der Waals surface area contributed by atoms with Gasteiger partial charge in [0.1, 0.15) is 6.10 Å². The summed E-state index contributed by atoms with van der Waals surface area (Å²) in [4.78, 5) is 10.7. The third kappa shape index (κ3) is 1.20. The van der Waals surface area contributed by atoms with Crippen molar-refractivity contribution >= 4 is 5.78 Å². The lowest BCUT2D eigenvalue weighted by Crippen LogP contribution is -2.49. The highest BCUT2D eigenvalue weighted by atomic mass is 16.5. The van der Waals surface area contributed by atoms with E-state index in [1.807, 2.05) is 6.92 Å². The molecule has 0 aromatic carbocycles. The van der Waals surface area contributed by atoms with Crippen LogP contribution in [0.15, 0.2) is 0 Å². The quantitative estimate of drug-likeness (QED) is 0.574. The summed E-state index contributed by atoms with van der Waals surface area (Å²) < 4.78 is 10.1. The molecule has 2 atom stereocenters. The number of Topliss-reactive ketones (excluding diaryl/α,β-unsaturated/α-hetero) is 1. The van der Waals surface area contributed by atoms with E-state index in [4.69, 9.17) is 9.47 Å². The van der Waals surface area contributed by atoms with Crippen molar-refractivity contribution in [3.05, 3.63) is 0 Å². The highest BCUT2D eigenvalue weighted by Gasteiger charge is 2.40. The van der Waals surface area contributed by atoms with Gasteiger partial charge >= 0.3 is 0 Å². The average Bonchev–Trinajstić information content (AvgIpc) is 1.88. The van der Waals surface area contributed by atoms with Crippen LogP contribution < -0.4 is 0 Å². The van der Waals surface area contributed by atoms with Crippen LogP contribution in [0.4, 0.5) is 0 Å². The summed E-state index contributed by atoms with van der Waals surface area (Å²) in [6, 6.07) is 0. The molecule has 0 aromatic heterocycles. The van der Waals surface area contributed by atoms with Crippen LogP contribution in [0.1, 0.15) is 13.3 Å². The van der Waals surface area contributed by atoms with Crippen LogP contribution >= 0.6 is 0 Å². The van der Waals surface area contributed by atoms with E-state index in [0.717, 1.165) is 0 Å². The Labute approximate surface area is 60.3 Å². The average molecular weight is 144 g/mol. The highest BCUT2D eigenvalue weighted by Crippen LogP contribution is 2.21. The highest BCUT2D eigenvalue weighted by molar-refractivity contribution is 5.90. The van der Waals surface area contributed by atoms with Crippen molar-refractivity contribution in [2.24, 2.45) is 0 Å². The van der Waals surface area contributed by atoms with Gasteiger partial charge in [-0.1, -0.05) is 0 Å². The van der Waals surface area contributed by atoms with E-state index in [9.17, 15) is 4.79 Å². The zero-order valence-corrected chi connectivity index (χ0v) is 6.29. The van der Waals surface area contributed by atoms with Gasteiger partial charge in [-0.15, -0.1) is 0 Å². The zero-order chi connectivity index (χ0) is 7.56. The van der Waals surface area contributed by atoms with Gasteiger partial charge in [0.05, 0.1) is 6.10 Å². The molecule has 0 radical (unpaired) electrons. The minimum atomic E-state index is -0.292. The number of ether oxygens (including phenoxy) is 2. The Hall–Kier alpha value is -0.410. The molecule has 0 saturated heterocycles. The van der Waals surface area contributed by atoms with E-state index in [1.54, 1.807) is 0 Å². The standard InChI is InChI=1S/C7H12O3/c1-3-10-6-4-5(8)7(6)9-2/h6-7H,3-4H2,1-2H3/t6-,7-/m0/s1. The van der Waals surface area contributed by atoms with Gasteiger partial charge in [-0.3, -0.25) is 4.79 Å². The van der Waals surface area contributed by atoms with Crippen molar-refractivity contribution < 1.29 is 14.3 Å². The lowest BCUT2D eigenvalue weighted by molar-refractivity contribution is -0.160. The summed E-state index contributed by atoms with van der Waals surface area (Å²) in [6.07, 6.45) is 0.245. The fourth-order valence-corrected chi connectivity index (χ4v) is 1.11. The maximum atomic E-state index is 10.7. The summed E-state index contributed by atoms with van der Waals surface area (Å²) >= 11 is 0. The number of methoxy groups -OCH3 is 1. The molecule has 58 valence electrons. The first kappa shape index (κ1) is 7.69. The van der Waals surface area contributed by atoms with Crippen molar-refractivity contribution in [1.82, 2.24) is 0 Å². The number of rotatable bonds is 3. The Morgan fingerprint density at radius 1 is 1.70 bits per heavy atom. The van der Waals surface area contributed by atoms with E-state index in [-0.39, 0.29) is 18.0 Å². The Balaban J connectivity index is 2.30. The largest absolute Gasteiger partial charge is 0.375 e. The SMILES string of the molecule is CCO[C@H]1CC(=O)[C@@H]1OC. The number of carbonyl (C=O) groups excluding carboxylic acids is 1. The van der Waals surface area contributed by atoms with Gasteiger partial charge in [-0.25, -0.2) is 0 Å². The van der Waals surface area contributed by atoms with Crippen molar-refractivity contribution in [1.29, 1.82) is 0 Å². The molecule has 1 rings (SSSR count). The smallest absolute Gasteiger partial charge is 0.166 e. The summed E-state index contributed by atoms with van der Waals surface area (Å²) in [5.41, 5.74) is 0. The predicted molar refractivity (Wildman–Crippen MR) is 35.8 cm³/mol. The van der Waals surface area contributed by atoms with E-state index < -0.39 is 0 Å². The lowest BCUT2D eigenvalue weighted by Gasteiger charge is -2.32. The first-order chi connectivity index (χ1) is 4.79. The molecule has 0 aliphatic heterocycles. The van der Waals surface area contributed by atoms with Crippen molar-refractivity contribution in [3.8, 4) is 0 Å². The van der Waals surface area contributed by atoms with Crippen LogP contribution in [0.5, 0.6) is 0 Å². The third-order valence-corrected chi connectivity index (χ3v) is 1.69. The first-order valence-corrected chi connectivity index (χ1v) is 3.46. The van der Waals surface area contributed by atoms with Gasteiger partial charge in [-0.2, -0.15) is 0 Å². The molecule has 3 heteroatoms. The van der Waals surface area contributed by atoms with E-state index in [0.29, 0.717) is 13.0 Å². The Bertz CT molecular complexity index is 133. The number of hydrogen-bond acceptors (Lipinski definition) is 3. The third-order valence-electron chi connectivity index (χ3n) is 1.69. The molecule has 1 saturated carbocycles. The molecule has 0 unspecified atom stereocenters. The Kier molecular flexibility index (Phi) is 2.40. The second-order valence-electron chi connectivity index (χ2n) is 2.32. The maximum Gasteiger partial charge on any atom is 0.166 e. The summed E-state index contributed by atoms with van der Waals surface area (Å²) in [5.74, 6) is 0.154. The topological polar surface area (TPSA) is 35.5 Å². The second-order valence-corrected chi connectivity index (χ2v) is 2.32. The Morgan fingerprint density at radius 2 is 2.40 bits per heavy atom. The summed E-state index contributed by atoms with van der Waals surface area (Å²) in [7, 11) is 1.54. The predicted octanol–water partition coefficient (Wildman–Crippen LogP) is 0.379. The molecule has 0 amide bonds. The molecular formula is C7H12O3. The molecule has 1 aliphatic rings. The van der Waals surface area contributed by atoms with Crippen LogP contribution in [0.3, 0.4) is 0 Å². The summed E-state index contributed by atoms with van der Waals surface area (Å²) in [6.45, 7) is 2.56. The first-order valence-electron chi connectivity index (χ1n) is 3.46. The van der Waals surface area contributed by atoms with Gasteiger partial charge in [0.25, 0.3) is 0 Å². The normalized spacial score (nSPS) is 32.0. The molecule has 0 heterocycles. The van der Waals surface area contributed by atoms with E-state index in [2.05, 4.69) is 0 Å². The van der Waals surface area contributed by atoms with Crippen LogP contribution in [-0.2, 0) is 14.3 Å². The molecule has 1 fully saturated rings. The van der Waals surface area contributed by atoms with E-state index in [1.165, 1.54) is 7.11 Å². The molecule has 0 bridgehead atoms. The number of ketones is 1. The number of hydrogen-bond donors (Lipinski definition) is 0. The zero-order valence-electron chi connectivity index (χ0n) is 6.29. The molecule has 10 heavy (non-hydrogen) atoms. The maximum absolute atomic E-state index is 10.7. The van der Waals surface area contributed by atoms with Crippen LogP contribution in [0.25, 0.3) is 0 Å².